The number of amides is 2. The lowest BCUT2D eigenvalue weighted by Crippen LogP contribution is -2.41. The minimum atomic E-state index is -0.465. The van der Waals surface area contributed by atoms with Gasteiger partial charge >= 0.3 is 12.0 Å². The molecule has 0 aliphatic carbocycles. The van der Waals surface area contributed by atoms with Crippen molar-refractivity contribution in [2.45, 2.75) is 18.9 Å². The lowest BCUT2D eigenvalue weighted by Gasteiger charge is -2.21. The van der Waals surface area contributed by atoms with Crippen LogP contribution in [-0.2, 0) is 4.74 Å². The third-order valence-electron chi connectivity index (χ3n) is 2.84. The molecule has 0 bridgehead atoms. The maximum atomic E-state index is 11.7. The number of esters is 1. The van der Waals surface area contributed by atoms with Crippen LogP contribution in [0.15, 0.2) is 12.1 Å². The van der Waals surface area contributed by atoms with Gasteiger partial charge in [-0.1, -0.05) is 11.6 Å². The molecule has 0 radical (unpaired) electrons. The Morgan fingerprint density at radius 1 is 1.56 bits per heavy atom. The summed E-state index contributed by atoms with van der Waals surface area (Å²) in [5, 5.41) is 0. The number of nitrogens with two attached hydrogens (primary N) is 1. The molecule has 1 aromatic heterocycles. The summed E-state index contributed by atoms with van der Waals surface area (Å²) >= 11 is 6.91. The number of thiophene rings is 1. The van der Waals surface area contributed by atoms with E-state index in [-0.39, 0.29) is 12.6 Å². The minimum absolute atomic E-state index is 0.109. The van der Waals surface area contributed by atoms with Gasteiger partial charge in [-0.05, 0) is 25.0 Å². The van der Waals surface area contributed by atoms with E-state index in [2.05, 4.69) is 0 Å². The Labute approximate surface area is 113 Å². The summed E-state index contributed by atoms with van der Waals surface area (Å²) in [6.07, 6.45) is 1.69. The Hall–Kier alpha value is -1.27. The number of nitrogens with zero attached hydrogens (tertiary/aromatic N) is 1. The van der Waals surface area contributed by atoms with Crippen LogP contribution >= 0.6 is 22.9 Å². The molecule has 0 saturated carbocycles. The number of hydrogen-bond donors (Lipinski definition) is 1. The molecule has 0 spiro atoms. The fraction of sp³-hybridized carbons (Fsp3) is 0.455. The maximum absolute atomic E-state index is 11.7. The van der Waals surface area contributed by atoms with Crippen molar-refractivity contribution in [1.29, 1.82) is 0 Å². The van der Waals surface area contributed by atoms with E-state index in [1.807, 2.05) is 0 Å². The van der Waals surface area contributed by atoms with E-state index in [0.717, 1.165) is 12.8 Å². The summed E-state index contributed by atoms with van der Waals surface area (Å²) in [5.41, 5.74) is 5.24. The van der Waals surface area contributed by atoms with Crippen LogP contribution in [0.25, 0.3) is 0 Å². The van der Waals surface area contributed by atoms with Crippen molar-refractivity contribution >= 4 is 34.9 Å². The molecule has 1 aliphatic rings. The minimum Gasteiger partial charge on any atom is -0.459 e. The number of ether oxygens (including phenoxy) is 1. The fourth-order valence-electron chi connectivity index (χ4n) is 1.97. The first-order valence-electron chi connectivity index (χ1n) is 5.56. The maximum Gasteiger partial charge on any atom is 0.348 e. The molecule has 1 atom stereocenters. The molecule has 1 saturated heterocycles. The van der Waals surface area contributed by atoms with Gasteiger partial charge in [0.15, 0.2) is 0 Å². The van der Waals surface area contributed by atoms with Crippen LogP contribution in [0.1, 0.15) is 22.5 Å². The highest BCUT2D eigenvalue weighted by molar-refractivity contribution is 7.17. The van der Waals surface area contributed by atoms with E-state index in [9.17, 15) is 9.59 Å². The molecule has 1 fully saturated rings. The van der Waals surface area contributed by atoms with Crippen LogP contribution in [0.5, 0.6) is 0 Å². The third kappa shape index (κ3) is 2.94. The molecule has 7 heteroatoms. The molecule has 98 valence electrons. The third-order valence-corrected chi connectivity index (χ3v) is 4.05. The van der Waals surface area contributed by atoms with Crippen molar-refractivity contribution in [3.8, 4) is 0 Å². The van der Waals surface area contributed by atoms with E-state index < -0.39 is 12.0 Å². The lowest BCUT2D eigenvalue weighted by molar-refractivity contribution is 0.0428. The molecule has 18 heavy (non-hydrogen) atoms. The van der Waals surface area contributed by atoms with Gasteiger partial charge in [0.25, 0.3) is 0 Å². The number of rotatable bonds is 3. The van der Waals surface area contributed by atoms with Crippen LogP contribution in [0.4, 0.5) is 4.79 Å². The summed E-state index contributed by atoms with van der Waals surface area (Å²) in [6, 6.07) is 2.69. The molecular weight excluding hydrogens is 276 g/mol. The zero-order chi connectivity index (χ0) is 13.1. The smallest absolute Gasteiger partial charge is 0.348 e. The summed E-state index contributed by atoms with van der Waals surface area (Å²) < 4.78 is 5.71. The summed E-state index contributed by atoms with van der Waals surface area (Å²) in [6.45, 7) is 0.805. The average Bonchev–Trinajstić information content (AvgIpc) is 2.94. The first-order chi connectivity index (χ1) is 8.58. The Morgan fingerprint density at radius 2 is 2.33 bits per heavy atom. The molecule has 1 aromatic rings. The highest BCUT2D eigenvalue weighted by Gasteiger charge is 2.28. The van der Waals surface area contributed by atoms with Gasteiger partial charge in [0.2, 0.25) is 0 Å². The van der Waals surface area contributed by atoms with E-state index in [4.69, 9.17) is 22.1 Å². The van der Waals surface area contributed by atoms with E-state index in [1.165, 1.54) is 16.2 Å². The Kier molecular flexibility index (Phi) is 4.08. The highest BCUT2D eigenvalue weighted by Crippen LogP contribution is 2.23. The fourth-order valence-corrected chi connectivity index (χ4v) is 2.90. The monoisotopic (exact) mass is 288 g/mol. The first-order valence-corrected chi connectivity index (χ1v) is 6.76. The van der Waals surface area contributed by atoms with Crippen LogP contribution in [0.3, 0.4) is 0 Å². The lowest BCUT2D eigenvalue weighted by atomic mass is 10.2. The zero-order valence-electron chi connectivity index (χ0n) is 9.60. The molecule has 2 amide bonds. The van der Waals surface area contributed by atoms with Gasteiger partial charge in [-0.3, -0.25) is 0 Å². The number of hydrogen-bond acceptors (Lipinski definition) is 4. The van der Waals surface area contributed by atoms with Crippen LogP contribution in [0.2, 0.25) is 4.34 Å². The van der Waals surface area contributed by atoms with Gasteiger partial charge in [0.05, 0.1) is 10.4 Å². The van der Waals surface area contributed by atoms with Crippen molar-refractivity contribution in [3.05, 3.63) is 21.3 Å². The van der Waals surface area contributed by atoms with Gasteiger partial charge in [-0.25, -0.2) is 9.59 Å². The molecule has 1 aliphatic heterocycles. The number of likely N-dealkylation sites (tertiary alicyclic amines) is 1. The molecular formula is C11H13ClN2O3S. The van der Waals surface area contributed by atoms with E-state index in [1.54, 1.807) is 12.1 Å². The predicted octanol–water partition coefficient (Wildman–Crippen LogP) is 2.10. The van der Waals surface area contributed by atoms with Gasteiger partial charge in [0, 0.05) is 6.54 Å². The van der Waals surface area contributed by atoms with Gasteiger partial charge in [0.1, 0.15) is 11.5 Å². The van der Waals surface area contributed by atoms with Crippen molar-refractivity contribution in [1.82, 2.24) is 4.90 Å². The molecule has 0 aromatic carbocycles. The topological polar surface area (TPSA) is 72.6 Å². The summed E-state index contributed by atoms with van der Waals surface area (Å²) in [4.78, 5) is 24.8. The largest absolute Gasteiger partial charge is 0.459 e. The predicted molar refractivity (Wildman–Crippen MR) is 68.9 cm³/mol. The number of urea groups is 1. The van der Waals surface area contributed by atoms with Crippen molar-refractivity contribution < 1.29 is 14.3 Å². The number of carbonyl (C=O) groups is 2. The summed E-state index contributed by atoms with van der Waals surface area (Å²) in [5.74, 6) is -0.414. The van der Waals surface area contributed by atoms with E-state index in [0.29, 0.717) is 15.8 Å². The Morgan fingerprint density at radius 3 is 2.94 bits per heavy atom. The van der Waals surface area contributed by atoms with Crippen LogP contribution < -0.4 is 5.73 Å². The van der Waals surface area contributed by atoms with Crippen LogP contribution in [-0.4, -0.2) is 36.1 Å². The van der Waals surface area contributed by atoms with Crippen LogP contribution in [0, 0.1) is 0 Å². The molecule has 2 heterocycles. The highest BCUT2D eigenvalue weighted by atomic mass is 35.5. The van der Waals surface area contributed by atoms with E-state index >= 15 is 0 Å². The van der Waals surface area contributed by atoms with Crippen molar-refractivity contribution in [3.63, 3.8) is 0 Å². The second-order valence-corrected chi connectivity index (χ2v) is 5.74. The molecule has 2 N–H and O–H groups in total. The Balaban J connectivity index is 1.88. The normalized spacial score (nSPS) is 18.9. The standard InChI is InChI=1S/C11H13ClN2O3S/c12-9-4-3-8(18-9)10(15)17-6-7-2-1-5-14(7)11(13)16/h3-4,7H,1-2,5-6H2,(H2,13,16). The molecule has 1 unspecified atom stereocenters. The average molecular weight is 289 g/mol. The second-order valence-electron chi connectivity index (χ2n) is 4.03. The second kappa shape index (κ2) is 5.58. The first kappa shape index (κ1) is 13.2. The number of primary amides is 1. The zero-order valence-corrected chi connectivity index (χ0v) is 11.2. The molecule has 2 rings (SSSR count). The number of halogens is 1. The van der Waals surface area contributed by atoms with Gasteiger partial charge < -0.3 is 15.4 Å². The van der Waals surface area contributed by atoms with Crippen molar-refractivity contribution in [2.24, 2.45) is 5.73 Å². The molecule has 5 nitrogen and oxygen atoms in total. The SMILES string of the molecule is NC(=O)N1CCCC1COC(=O)c1ccc(Cl)s1. The Bertz CT molecular complexity index is 463. The quantitative estimate of drug-likeness (QED) is 0.866. The summed E-state index contributed by atoms with van der Waals surface area (Å²) in [7, 11) is 0. The van der Waals surface area contributed by atoms with Gasteiger partial charge in [-0.2, -0.15) is 0 Å². The van der Waals surface area contributed by atoms with Crippen molar-refractivity contribution in [2.75, 3.05) is 13.2 Å². The number of carbonyl (C=O) groups excluding carboxylic acids is 2. The van der Waals surface area contributed by atoms with Gasteiger partial charge in [-0.15, -0.1) is 11.3 Å².